The maximum Gasteiger partial charge on any atom is 0.330 e. The summed E-state index contributed by atoms with van der Waals surface area (Å²) >= 11 is 0. The van der Waals surface area contributed by atoms with Gasteiger partial charge in [0.1, 0.15) is 12.4 Å². The molecular formula is C27H31N3O6S. The van der Waals surface area contributed by atoms with Crippen LogP contribution in [0.5, 0.6) is 11.6 Å². The molecule has 0 saturated heterocycles. The van der Waals surface area contributed by atoms with Crippen molar-refractivity contribution in [2.24, 2.45) is 0 Å². The van der Waals surface area contributed by atoms with E-state index in [2.05, 4.69) is 11.1 Å². The summed E-state index contributed by atoms with van der Waals surface area (Å²) in [5.41, 5.74) is 4.46. The zero-order chi connectivity index (χ0) is 26.8. The summed E-state index contributed by atoms with van der Waals surface area (Å²) in [5.74, 6) is 0.677. The van der Waals surface area contributed by atoms with Gasteiger partial charge in [0, 0.05) is 23.7 Å². The zero-order valence-corrected chi connectivity index (χ0v) is 22.0. The average Bonchev–Trinajstić information content (AvgIpc) is 3.09. The fraction of sp³-hybridized carbons (Fsp3) is 0.296. The first-order valence-electron chi connectivity index (χ1n) is 11.8. The van der Waals surface area contributed by atoms with E-state index in [0.717, 1.165) is 38.5 Å². The Morgan fingerprint density at radius 2 is 1.78 bits per heavy atom. The molecule has 1 aromatic heterocycles. The van der Waals surface area contributed by atoms with Crippen molar-refractivity contribution in [3.63, 3.8) is 0 Å². The highest BCUT2D eigenvalue weighted by atomic mass is 32.2. The summed E-state index contributed by atoms with van der Waals surface area (Å²) in [7, 11) is -3.83. The molecular weight excluding hydrogens is 494 g/mol. The Bertz CT molecular complexity index is 1390. The van der Waals surface area contributed by atoms with Crippen LogP contribution in [-0.2, 0) is 16.8 Å². The number of benzene rings is 2. The number of aliphatic hydroxyl groups excluding tert-OH is 1. The second-order valence-electron chi connectivity index (χ2n) is 9.55. The van der Waals surface area contributed by atoms with E-state index in [4.69, 9.17) is 9.47 Å². The van der Waals surface area contributed by atoms with Crippen molar-refractivity contribution < 1.29 is 28.1 Å². The van der Waals surface area contributed by atoms with E-state index in [1.54, 1.807) is 38.1 Å². The Morgan fingerprint density at radius 3 is 2.41 bits per heavy atom. The smallest absolute Gasteiger partial charge is 0.330 e. The third-order valence-electron chi connectivity index (χ3n) is 5.78. The number of aryl methyl sites for hydroxylation is 2. The van der Waals surface area contributed by atoms with Gasteiger partial charge >= 0.3 is 10.2 Å². The Morgan fingerprint density at radius 1 is 1.05 bits per heavy atom. The van der Waals surface area contributed by atoms with Crippen molar-refractivity contribution in [2.75, 3.05) is 10.9 Å². The quantitative estimate of drug-likeness (QED) is 0.376. The minimum absolute atomic E-state index is 0.321. The third kappa shape index (κ3) is 6.52. The second-order valence-corrected chi connectivity index (χ2v) is 11.1. The summed E-state index contributed by atoms with van der Waals surface area (Å²) in [6.07, 6.45) is 1.61. The second kappa shape index (κ2) is 10.3. The Balaban J connectivity index is 1.43. The normalized spacial score (nSPS) is 14.7. The van der Waals surface area contributed by atoms with Gasteiger partial charge in [0.2, 0.25) is 11.8 Å². The van der Waals surface area contributed by atoms with E-state index in [1.165, 1.54) is 0 Å². The summed E-state index contributed by atoms with van der Waals surface area (Å²) < 4.78 is 38.7. The summed E-state index contributed by atoms with van der Waals surface area (Å²) in [4.78, 5) is 4.60. The van der Waals surface area contributed by atoms with Gasteiger partial charge in [0.15, 0.2) is 0 Å². The Hall–Kier alpha value is -3.76. The number of hydrogen-bond acceptors (Lipinski definition) is 7. The van der Waals surface area contributed by atoms with Gasteiger partial charge in [-0.05, 0) is 74.7 Å². The fourth-order valence-electron chi connectivity index (χ4n) is 3.99. The van der Waals surface area contributed by atoms with E-state index in [0.29, 0.717) is 37.0 Å². The molecule has 0 atom stereocenters. The number of aromatic nitrogens is 1. The predicted octanol–water partition coefficient (Wildman–Crippen LogP) is 4.50. The highest BCUT2D eigenvalue weighted by Gasteiger charge is 2.28. The van der Waals surface area contributed by atoms with Gasteiger partial charge in [-0.2, -0.15) is 8.42 Å². The van der Waals surface area contributed by atoms with Crippen LogP contribution in [0.2, 0.25) is 0 Å². The minimum Gasteiger partial charge on any atom is -0.493 e. The van der Waals surface area contributed by atoms with Gasteiger partial charge in [-0.3, -0.25) is 0 Å². The molecule has 10 heteroatoms. The van der Waals surface area contributed by atoms with Crippen LogP contribution in [0.1, 0.15) is 37.1 Å². The van der Waals surface area contributed by atoms with Crippen LogP contribution in [0.15, 0.2) is 66.7 Å². The number of nitrogens with one attached hydrogen (secondary N) is 1. The van der Waals surface area contributed by atoms with Crippen LogP contribution in [0.3, 0.4) is 0 Å². The number of rotatable bonds is 9. The van der Waals surface area contributed by atoms with Crippen LogP contribution in [-0.4, -0.2) is 35.8 Å². The van der Waals surface area contributed by atoms with Gasteiger partial charge in [0.25, 0.3) is 0 Å². The molecule has 0 fully saturated rings. The first-order chi connectivity index (χ1) is 17.4. The van der Waals surface area contributed by atoms with Crippen molar-refractivity contribution in [1.82, 2.24) is 9.71 Å². The Kier molecular flexibility index (Phi) is 7.33. The van der Waals surface area contributed by atoms with Crippen molar-refractivity contribution in [2.45, 2.75) is 46.3 Å². The lowest BCUT2D eigenvalue weighted by molar-refractivity contribution is 0.0546. The largest absolute Gasteiger partial charge is 0.493 e. The highest BCUT2D eigenvalue weighted by Crippen LogP contribution is 2.30. The topological polar surface area (TPSA) is 121 Å². The zero-order valence-electron chi connectivity index (χ0n) is 21.2. The van der Waals surface area contributed by atoms with E-state index in [9.17, 15) is 18.6 Å². The predicted molar refractivity (Wildman–Crippen MR) is 142 cm³/mol. The van der Waals surface area contributed by atoms with Gasteiger partial charge in [-0.15, -0.1) is 0 Å². The molecule has 1 aliphatic rings. The van der Waals surface area contributed by atoms with E-state index in [-0.39, 0.29) is 0 Å². The molecule has 0 aliphatic carbocycles. The summed E-state index contributed by atoms with van der Waals surface area (Å²) in [6.45, 7) is 8.16. The lowest BCUT2D eigenvalue weighted by Gasteiger charge is -2.18. The van der Waals surface area contributed by atoms with E-state index >= 15 is 0 Å². The molecule has 0 amide bonds. The van der Waals surface area contributed by atoms with Crippen molar-refractivity contribution >= 4 is 15.9 Å². The number of aliphatic hydroxyl groups is 2. The molecule has 0 radical (unpaired) electrons. The number of pyridine rings is 1. The first-order valence-corrected chi connectivity index (χ1v) is 13.2. The van der Waals surface area contributed by atoms with E-state index in [1.807, 2.05) is 42.8 Å². The molecule has 196 valence electrons. The van der Waals surface area contributed by atoms with Crippen molar-refractivity contribution in [3.05, 3.63) is 83.5 Å². The molecule has 0 saturated carbocycles. The molecule has 0 spiro atoms. The fourth-order valence-corrected chi connectivity index (χ4v) is 5.04. The number of anilines is 1. The minimum atomic E-state index is -3.83. The number of hydrogen-bond donors (Lipinski definition) is 3. The molecule has 9 nitrogen and oxygen atoms in total. The number of ether oxygens (including phenoxy) is 2. The van der Waals surface area contributed by atoms with E-state index < -0.39 is 21.7 Å². The summed E-state index contributed by atoms with van der Waals surface area (Å²) in [5, 5.41) is 19.3. The molecule has 3 aromatic rings. The highest BCUT2D eigenvalue weighted by molar-refractivity contribution is 7.91. The van der Waals surface area contributed by atoms with Crippen LogP contribution < -0.4 is 18.5 Å². The van der Waals surface area contributed by atoms with Gasteiger partial charge in [0.05, 0.1) is 24.1 Å². The van der Waals surface area contributed by atoms with Crippen LogP contribution in [0, 0.1) is 13.8 Å². The first kappa shape index (κ1) is 26.3. The molecule has 2 aromatic carbocycles. The van der Waals surface area contributed by atoms with Gasteiger partial charge < -0.3 is 19.7 Å². The molecule has 37 heavy (non-hydrogen) atoms. The molecule has 3 N–H and O–H groups in total. The molecule has 1 aliphatic heterocycles. The van der Waals surface area contributed by atoms with Gasteiger partial charge in [-0.1, -0.05) is 18.2 Å². The molecule has 0 bridgehead atoms. The SMILES string of the molecule is Cc1cc(OCCC(C)(C)O)nc(C)c1-c1cccc(COc2ccc(N3C=C(O)NS3(=O)=O)cc2)c1. The molecule has 0 unspecified atom stereocenters. The number of nitrogens with zero attached hydrogens (tertiary/aromatic N) is 2. The van der Waals surface area contributed by atoms with Crippen molar-refractivity contribution in [1.29, 1.82) is 0 Å². The lowest BCUT2D eigenvalue weighted by atomic mass is 9.98. The van der Waals surface area contributed by atoms with Gasteiger partial charge in [-0.25, -0.2) is 14.0 Å². The summed E-state index contributed by atoms with van der Waals surface area (Å²) in [6, 6.07) is 16.5. The molecule has 4 rings (SSSR count). The van der Waals surface area contributed by atoms with Crippen molar-refractivity contribution in [3.8, 4) is 22.8 Å². The van der Waals surface area contributed by atoms with Crippen LogP contribution in [0.4, 0.5) is 5.69 Å². The average molecular weight is 526 g/mol. The lowest BCUT2D eigenvalue weighted by Crippen LogP contribution is -2.29. The van der Waals surface area contributed by atoms with Crippen LogP contribution in [0.25, 0.3) is 11.1 Å². The maximum absolute atomic E-state index is 12.0. The van der Waals surface area contributed by atoms with Crippen LogP contribution >= 0.6 is 0 Å². The molecule has 2 heterocycles. The third-order valence-corrected chi connectivity index (χ3v) is 7.08. The maximum atomic E-state index is 12.0. The monoisotopic (exact) mass is 525 g/mol. The standard InChI is InChI=1S/C27H31N3O6S/c1-18-14-25(35-13-12-27(3,4)32)28-19(2)26(18)21-7-5-6-20(15-21)17-36-23-10-8-22(9-11-23)30-16-24(31)29-37(30,33)34/h5-11,14-16,29,31-32H,12-13,17H2,1-4H3. The Labute approximate surface area is 217 Å².